The van der Waals surface area contributed by atoms with Gasteiger partial charge in [0.2, 0.25) is 0 Å². The van der Waals surface area contributed by atoms with Crippen molar-refractivity contribution in [2.24, 2.45) is 4.99 Å². The van der Waals surface area contributed by atoms with Gasteiger partial charge in [-0.3, -0.25) is 0 Å². The summed E-state index contributed by atoms with van der Waals surface area (Å²) in [5.41, 5.74) is 5.82. The van der Waals surface area contributed by atoms with Gasteiger partial charge in [0, 0.05) is 47.7 Å². The van der Waals surface area contributed by atoms with Gasteiger partial charge in [-0.05, 0) is 54.5 Å². The van der Waals surface area contributed by atoms with Gasteiger partial charge < -0.3 is 9.80 Å². The zero-order valence-electron chi connectivity index (χ0n) is 22.2. The van der Waals surface area contributed by atoms with Crippen LogP contribution in [0.1, 0.15) is 62.6 Å². The molecule has 0 saturated carbocycles. The summed E-state index contributed by atoms with van der Waals surface area (Å²) in [5.74, 6) is 1.55. The monoisotopic (exact) mass is 497 g/mol. The van der Waals surface area contributed by atoms with Gasteiger partial charge in [0.15, 0.2) is 0 Å². The number of fused-ring (bicyclic) bond motifs is 2. The highest BCUT2D eigenvalue weighted by atomic mass is 32.2. The van der Waals surface area contributed by atoms with Crippen molar-refractivity contribution in [3.8, 4) is 0 Å². The molecule has 0 bridgehead atoms. The van der Waals surface area contributed by atoms with Crippen molar-refractivity contribution in [3.63, 3.8) is 0 Å². The van der Waals surface area contributed by atoms with Crippen LogP contribution in [0.25, 0.3) is 5.70 Å². The molecule has 2 aliphatic heterocycles. The van der Waals surface area contributed by atoms with E-state index < -0.39 is 0 Å². The van der Waals surface area contributed by atoms with Gasteiger partial charge in [-0.15, -0.1) is 0 Å². The molecule has 1 saturated heterocycles. The number of amidine groups is 1. The molecule has 3 aromatic carbocycles. The first-order valence-corrected chi connectivity index (χ1v) is 14.1. The van der Waals surface area contributed by atoms with Crippen LogP contribution < -0.4 is 0 Å². The van der Waals surface area contributed by atoms with Crippen LogP contribution in [0.3, 0.4) is 0 Å². The van der Waals surface area contributed by atoms with Crippen LogP contribution in [-0.4, -0.2) is 42.3 Å². The lowest BCUT2D eigenvalue weighted by Gasteiger charge is -2.30. The summed E-state index contributed by atoms with van der Waals surface area (Å²) >= 11 is 1.82. The van der Waals surface area contributed by atoms with Crippen LogP contribution in [0.15, 0.2) is 94.2 Å². The third-order valence-corrected chi connectivity index (χ3v) is 8.04. The third-order valence-electron chi connectivity index (χ3n) is 6.90. The number of nitrogens with zero attached hydrogens (tertiary/aromatic N) is 3. The molecule has 0 radical (unpaired) electrons. The summed E-state index contributed by atoms with van der Waals surface area (Å²) in [5, 5.41) is 0. The standard InChI is InChI=1S/C30H33N3S.C2H6/c1-22(24-12-6-4-7-13-24)21-32(3)23(2)25-16-17-29-27(20-25)31-30(33-18-10-5-11-19-33)26-14-8-9-15-28(26)34-29;1-2/h4,6-9,12-17,20,22H,2,5,10-11,18-19,21H2,1,3H3;1-2H3. The number of piperidine rings is 1. The van der Waals surface area contributed by atoms with Crippen molar-refractivity contribution >= 4 is 29.0 Å². The molecule has 0 N–H and O–H groups in total. The fourth-order valence-electron chi connectivity index (χ4n) is 4.88. The molecular formula is C32H39N3S. The topological polar surface area (TPSA) is 18.8 Å². The molecule has 2 heterocycles. The average molecular weight is 498 g/mol. The van der Waals surface area contributed by atoms with E-state index in [1.807, 2.05) is 25.6 Å². The van der Waals surface area contributed by atoms with E-state index >= 15 is 0 Å². The minimum Gasteiger partial charge on any atom is -0.374 e. The molecule has 3 aromatic rings. The quantitative estimate of drug-likeness (QED) is 0.352. The Labute approximate surface area is 221 Å². The smallest absolute Gasteiger partial charge is 0.137 e. The van der Waals surface area contributed by atoms with Crippen molar-refractivity contribution in [2.45, 2.75) is 55.7 Å². The first kappa shape index (κ1) is 26.1. The van der Waals surface area contributed by atoms with E-state index in [1.165, 1.54) is 40.2 Å². The number of hydrogen-bond donors (Lipinski definition) is 0. The highest BCUT2D eigenvalue weighted by molar-refractivity contribution is 7.99. The summed E-state index contributed by atoms with van der Waals surface area (Å²) in [6, 6.07) is 26.0. The van der Waals surface area contributed by atoms with Crippen molar-refractivity contribution in [1.82, 2.24) is 9.80 Å². The van der Waals surface area contributed by atoms with Gasteiger partial charge in [-0.2, -0.15) is 0 Å². The maximum absolute atomic E-state index is 5.28. The van der Waals surface area contributed by atoms with E-state index in [4.69, 9.17) is 4.99 Å². The molecule has 1 unspecified atom stereocenters. The average Bonchev–Trinajstić information content (AvgIpc) is 3.11. The second-order valence-corrected chi connectivity index (χ2v) is 10.5. The number of hydrogen-bond acceptors (Lipinski definition) is 4. The van der Waals surface area contributed by atoms with E-state index in [0.29, 0.717) is 5.92 Å². The first-order chi connectivity index (χ1) is 17.6. The Morgan fingerprint density at radius 1 is 0.944 bits per heavy atom. The summed E-state index contributed by atoms with van der Waals surface area (Å²) in [6.45, 7) is 13.8. The normalized spacial score (nSPS) is 15.3. The fourth-order valence-corrected chi connectivity index (χ4v) is 5.88. The van der Waals surface area contributed by atoms with E-state index in [-0.39, 0.29) is 0 Å². The molecule has 3 nitrogen and oxygen atoms in total. The predicted octanol–water partition coefficient (Wildman–Crippen LogP) is 8.45. The van der Waals surface area contributed by atoms with Crippen LogP contribution in [0.5, 0.6) is 0 Å². The number of likely N-dealkylation sites (N-methyl/N-ethyl adjacent to an activating group) is 1. The van der Waals surface area contributed by atoms with Crippen LogP contribution in [-0.2, 0) is 0 Å². The zero-order chi connectivity index (χ0) is 25.5. The Morgan fingerprint density at radius 2 is 1.64 bits per heavy atom. The molecule has 4 heteroatoms. The summed E-state index contributed by atoms with van der Waals surface area (Å²) in [4.78, 5) is 12.5. The second kappa shape index (κ2) is 12.3. The van der Waals surface area contributed by atoms with Crippen molar-refractivity contribution < 1.29 is 0 Å². The number of likely N-dealkylation sites (tertiary alicyclic amines) is 1. The van der Waals surface area contributed by atoms with Crippen LogP contribution in [0.4, 0.5) is 5.69 Å². The van der Waals surface area contributed by atoms with Gasteiger partial charge in [0.05, 0.1) is 5.69 Å². The molecule has 0 spiro atoms. The Hall–Kier alpha value is -2.98. The summed E-state index contributed by atoms with van der Waals surface area (Å²) in [7, 11) is 2.14. The Bertz CT molecular complexity index is 1200. The van der Waals surface area contributed by atoms with Gasteiger partial charge >= 0.3 is 0 Å². The molecule has 188 valence electrons. The number of aliphatic imine (C=N–C) groups is 1. The summed E-state index contributed by atoms with van der Waals surface area (Å²) < 4.78 is 0. The Kier molecular flexibility index (Phi) is 8.93. The van der Waals surface area contributed by atoms with Crippen LogP contribution in [0, 0.1) is 0 Å². The minimum atomic E-state index is 0.428. The Morgan fingerprint density at radius 3 is 2.39 bits per heavy atom. The maximum Gasteiger partial charge on any atom is 0.137 e. The highest BCUT2D eigenvalue weighted by Crippen LogP contribution is 2.42. The van der Waals surface area contributed by atoms with Crippen molar-refractivity contribution in [2.75, 3.05) is 26.7 Å². The zero-order valence-corrected chi connectivity index (χ0v) is 23.0. The predicted molar refractivity (Wildman–Crippen MR) is 156 cm³/mol. The molecule has 1 atom stereocenters. The van der Waals surface area contributed by atoms with Gasteiger partial charge in [-0.1, -0.05) is 93.7 Å². The SMILES string of the molecule is C=C(c1ccc2c(c1)N=C(N1CCCCC1)c1ccccc1S2)N(C)CC(C)c1ccccc1.CC. The molecule has 36 heavy (non-hydrogen) atoms. The maximum atomic E-state index is 5.28. The lowest BCUT2D eigenvalue weighted by molar-refractivity contribution is 0.342. The van der Waals surface area contributed by atoms with Crippen molar-refractivity contribution in [3.05, 3.63) is 96.1 Å². The van der Waals surface area contributed by atoms with Crippen LogP contribution in [0.2, 0.25) is 0 Å². The molecular weight excluding hydrogens is 458 g/mol. The fraction of sp³-hybridized carbons (Fsp3) is 0.344. The number of benzene rings is 3. The van der Waals surface area contributed by atoms with Gasteiger partial charge in [0.25, 0.3) is 0 Å². The van der Waals surface area contributed by atoms with Gasteiger partial charge in [0.1, 0.15) is 5.84 Å². The van der Waals surface area contributed by atoms with E-state index in [0.717, 1.165) is 42.4 Å². The van der Waals surface area contributed by atoms with Crippen LogP contribution >= 0.6 is 11.8 Å². The molecule has 0 aliphatic carbocycles. The van der Waals surface area contributed by atoms with Gasteiger partial charge in [-0.25, -0.2) is 4.99 Å². The second-order valence-electron chi connectivity index (χ2n) is 9.40. The minimum absolute atomic E-state index is 0.428. The molecule has 1 fully saturated rings. The lowest BCUT2D eigenvalue weighted by Crippen LogP contribution is -2.36. The number of rotatable bonds is 5. The van der Waals surface area contributed by atoms with Crippen molar-refractivity contribution in [1.29, 1.82) is 0 Å². The first-order valence-electron chi connectivity index (χ1n) is 13.3. The van der Waals surface area contributed by atoms with E-state index in [2.05, 4.69) is 103 Å². The largest absolute Gasteiger partial charge is 0.374 e. The third kappa shape index (κ3) is 5.87. The molecule has 0 amide bonds. The Balaban J connectivity index is 0.00000148. The highest BCUT2D eigenvalue weighted by Gasteiger charge is 2.23. The van der Waals surface area contributed by atoms with E-state index in [1.54, 1.807) is 0 Å². The molecule has 0 aromatic heterocycles. The summed E-state index contributed by atoms with van der Waals surface area (Å²) in [6.07, 6.45) is 3.79. The lowest BCUT2D eigenvalue weighted by atomic mass is 10.0. The molecule has 2 aliphatic rings. The van der Waals surface area contributed by atoms with E-state index in [9.17, 15) is 0 Å². The molecule has 5 rings (SSSR count).